The molecule has 2 amide bonds. The van der Waals surface area contributed by atoms with Crippen LogP contribution in [-0.4, -0.2) is 67.8 Å². The van der Waals surface area contributed by atoms with Gasteiger partial charge in [0, 0.05) is 25.9 Å². The van der Waals surface area contributed by atoms with Crippen LogP contribution in [0.25, 0.3) is 0 Å². The van der Waals surface area contributed by atoms with Crippen molar-refractivity contribution in [3.05, 3.63) is 11.6 Å². The molecule has 296 valence electrons. The van der Waals surface area contributed by atoms with Crippen LogP contribution < -0.4 is 5.32 Å². The Morgan fingerprint density at radius 2 is 1.62 bits per heavy atom. The van der Waals surface area contributed by atoms with Crippen LogP contribution in [0.15, 0.2) is 11.6 Å². The van der Waals surface area contributed by atoms with Gasteiger partial charge in [-0.1, -0.05) is 72.0 Å². The maximum atomic E-state index is 12.8. The quantitative estimate of drug-likeness (QED) is 0.0612. The third-order valence-electron chi connectivity index (χ3n) is 13.7. The SMILES string of the molecule is CCOC(=O)CCN(CC(=O)OCC)C(=O)CCCCCNC(=O)O[C@H]1CC[C@@]2(C)C(=CCC3C4CCC(C(C)CCCC(C)C)[C@@]4(C)CCC32)C1. The monoisotopic (exact) mass is 729 g/mol. The number of unbranched alkanes of at least 4 members (excludes halogenated alkanes) is 2. The summed E-state index contributed by atoms with van der Waals surface area (Å²) < 4.78 is 15.9. The van der Waals surface area contributed by atoms with Crippen molar-refractivity contribution in [2.75, 3.05) is 32.8 Å². The fraction of sp³-hybridized carbons (Fsp3) is 0.860. The van der Waals surface area contributed by atoms with Crippen LogP contribution in [0, 0.1) is 46.3 Å². The molecule has 0 aliphatic heterocycles. The first-order valence-corrected chi connectivity index (χ1v) is 21.0. The fourth-order valence-electron chi connectivity index (χ4n) is 11.0. The van der Waals surface area contributed by atoms with E-state index in [9.17, 15) is 19.2 Å². The van der Waals surface area contributed by atoms with E-state index in [1.54, 1.807) is 13.8 Å². The number of nitrogens with one attached hydrogen (secondary N) is 1. The number of fused-ring (bicyclic) bond motifs is 5. The van der Waals surface area contributed by atoms with Crippen molar-refractivity contribution in [3.63, 3.8) is 0 Å². The van der Waals surface area contributed by atoms with E-state index in [-0.39, 0.29) is 62.7 Å². The van der Waals surface area contributed by atoms with Crippen molar-refractivity contribution in [1.29, 1.82) is 0 Å². The Morgan fingerprint density at radius 1 is 0.865 bits per heavy atom. The van der Waals surface area contributed by atoms with Gasteiger partial charge in [-0.05, 0) is 118 Å². The summed E-state index contributed by atoms with van der Waals surface area (Å²) in [6.07, 6.45) is 18.2. The first-order chi connectivity index (χ1) is 24.8. The van der Waals surface area contributed by atoms with E-state index < -0.39 is 11.9 Å². The molecule has 1 N–H and O–H groups in total. The summed E-state index contributed by atoms with van der Waals surface area (Å²) in [5.41, 5.74) is 2.25. The van der Waals surface area contributed by atoms with E-state index in [1.807, 2.05) is 0 Å². The Bertz CT molecular complexity index is 1230. The van der Waals surface area contributed by atoms with Crippen LogP contribution in [0.2, 0.25) is 0 Å². The number of esters is 2. The highest BCUT2D eigenvalue weighted by Gasteiger charge is 2.59. The number of carbonyl (C=O) groups is 4. The zero-order valence-electron chi connectivity index (χ0n) is 33.8. The highest BCUT2D eigenvalue weighted by Crippen LogP contribution is 2.67. The van der Waals surface area contributed by atoms with Gasteiger partial charge in [-0.2, -0.15) is 0 Å². The largest absolute Gasteiger partial charge is 0.466 e. The summed E-state index contributed by atoms with van der Waals surface area (Å²) in [5.74, 6) is 3.79. The average molecular weight is 729 g/mol. The van der Waals surface area contributed by atoms with Gasteiger partial charge in [-0.15, -0.1) is 0 Å². The van der Waals surface area contributed by atoms with E-state index in [4.69, 9.17) is 14.2 Å². The van der Waals surface area contributed by atoms with Gasteiger partial charge in [0.05, 0.1) is 19.6 Å². The normalized spacial score (nSPS) is 29.9. The van der Waals surface area contributed by atoms with E-state index in [0.29, 0.717) is 18.4 Å². The number of hydrogen-bond donors (Lipinski definition) is 1. The number of carbonyl (C=O) groups excluding carboxylic acids is 4. The van der Waals surface area contributed by atoms with E-state index in [1.165, 1.54) is 61.8 Å². The summed E-state index contributed by atoms with van der Waals surface area (Å²) in [7, 11) is 0. The predicted octanol–water partition coefficient (Wildman–Crippen LogP) is 9.03. The Morgan fingerprint density at radius 3 is 2.35 bits per heavy atom. The first kappa shape index (κ1) is 42.2. The molecule has 8 atom stereocenters. The van der Waals surface area contributed by atoms with Crippen LogP contribution >= 0.6 is 0 Å². The van der Waals surface area contributed by atoms with Crippen LogP contribution in [-0.2, 0) is 28.6 Å². The van der Waals surface area contributed by atoms with Crippen LogP contribution in [0.3, 0.4) is 0 Å². The van der Waals surface area contributed by atoms with Crippen molar-refractivity contribution in [2.24, 2.45) is 46.3 Å². The second kappa shape index (κ2) is 19.7. The molecule has 3 fully saturated rings. The van der Waals surface area contributed by atoms with Gasteiger partial charge < -0.3 is 24.4 Å². The maximum absolute atomic E-state index is 12.8. The molecule has 0 spiro atoms. The number of hydrogen-bond acceptors (Lipinski definition) is 7. The van der Waals surface area contributed by atoms with Gasteiger partial charge in [-0.3, -0.25) is 14.4 Å². The lowest BCUT2D eigenvalue weighted by atomic mass is 9.47. The fourth-order valence-corrected chi connectivity index (χ4v) is 11.0. The second-order valence-corrected chi connectivity index (χ2v) is 17.5. The average Bonchev–Trinajstić information content (AvgIpc) is 3.45. The van der Waals surface area contributed by atoms with Crippen molar-refractivity contribution in [2.45, 2.75) is 157 Å². The molecule has 9 heteroatoms. The van der Waals surface area contributed by atoms with Crippen molar-refractivity contribution >= 4 is 23.9 Å². The number of nitrogens with zero attached hydrogens (tertiary/aromatic N) is 1. The molecule has 0 heterocycles. The van der Waals surface area contributed by atoms with Crippen LogP contribution in [0.5, 0.6) is 0 Å². The molecule has 0 saturated heterocycles. The molecule has 0 aromatic rings. The lowest BCUT2D eigenvalue weighted by molar-refractivity contribution is -0.150. The van der Waals surface area contributed by atoms with Crippen LogP contribution in [0.1, 0.15) is 151 Å². The zero-order valence-corrected chi connectivity index (χ0v) is 33.8. The topological polar surface area (TPSA) is 111 Å². The second-order valence-electron chi connectivity index (χ2n) is 17.5. The molecular formula is C43H72N2O7. The predicted molar refractivity (Wildman–Crippen MR) is 204 cm³/mol. The van der Waals surface area contributed by atoms with Gasteiger partial charge >= 0.3 is 18.0 Å². The third kappa shape index (κ3) is 10.8. The highest BCUT2D eigenvalue weighted by molar-refractivity contribution is 5.82. The number of alkyl carbamates (subject to hydrolysis) is 1. The number of allylic oxidation sites excluding steroid dienone is 1. The van der Waals surface area contributed by atoms with Crippen molar-refractivity contribution in [3.8, 4) is 0 Å². The molecule has 4 aliphatic carbocycles. The molecule has 0 aromatic carbocycles. The van der Waals surface area contributed by atoms with Gasteiger partial charge in [0.15, 0.2) is 0 Å². The molecule has 5 unspecified atom stereocenters. The highest BCUT2D eigenvalue weighted by atomic mass is 16.6. The Labute approximate surface area is 315 Å². The van der Waals surface area contributed by atoms with Crippen molar-refractivity contribution < 1.29 is 33.4 Å². The first-order valence-electron chi connectivity index (χ1n) is 21.0. The summed E-state index contributed by atoms with van der Waals surface area (Å²) in [6.45, 7) is 16.8. The molecule has 4 rings (SSSR count). The van der Waals surface area contributed by atoms with Crippen molar-refractivity contribution in [1.82, 2.24) is 10.2 Å². The van der Waals surface area contributed by atoms with Gasteiger partial charge in [0.25, 0.3) is 0 Å². The number of amides is 2. The minimum Gasteiger partial charge on any atom is -0.466 e. The lowest BCUT2D eigenvalue weighted by Gasteiger charge is -2.58. The molecule has 52 heavy (non-hydrogen) atoms. The summed E-state index contributed by atoms with van der Waals surface area (Å²) >= 11 is 0. The molecule has 0 radical (unpaired) electrons. The zero-order chi connectivity index (χ0) is 37.9. The van der Waals surface area contributed by atoms with Gasteiger partial charge in [-0.25, -0.2) is 4.79 Å². The molecule has 4 aliphatic rings. The molecular weight excluding hydrogens is 656 g/mol. The summed E-state index contributed by atoms with van der Waals surface area (Å²) in [4.78, 5) is 50.8. The Hall–Kier alpha value is -2.58. The smallest absolute Gasteiger partial charge is 0.407 e. The maximum Gasteiger partial charge on any atom is 0.407 e. The van der Waals surface area contributed by atoms with E-state index in [2.05, 4.69) is 46.0 Å². The lowest BCUT2D eigenvalue weighted by Crippen LogP contribution is -2.51. The minimum atomic E-state index is -0.495. The molecule has 9 nitrogen and oxygen atoms in total. The molecule has 0 bridgehead atoms. The minimum absolute atomic E-state index is 0.0300. The number of ether oxygens (including phenoxy) is 3. The van der Waals surface area contributed by atoms with E-state index >= 15 is 0 Å². The summed E-state index contributed by atoms with van der Waals surface area (Å²) in [6, 6.07) is 0. The standard InChI is InChI=1S/C43H72N2O7/c1-8-50-39(47)23-27-45(29-40(48)51-9-2)38(46)16-11-10-12-26-44-41(49)52-33-21-24-42(6)32(28-33)17-18-34-36-20-19-35(31(5)15-13-14-30(3)4)43(36,7)25-22-37(34)42/h17,30-31,33-37H,8-16,18-29H2,1-7H3,(H,44,49)/t31?,33-,34?,35?,36?,37?,42-,43+/m0/s1. The Kier molecular flexibility index (Phi) is 15.9. The Balaban J connectivity index is 1.18. The molecule has 0 aromatic heterocycles. The van der Waals surface area contributed by atoms with Gasteiger partial charge in [0.2, 0.25) is 5.91 Å². The van der Waals surface area contributed by atoms with Crippen LogP contribution in [0.4, 0.5) is 4.79 Å². The third-order valence-corrected chi connectivity index (χ3v) is 13.7. The summed E-state index contributed by atoms with van der Waals surface area (Å²) in [5, 5.41) is 2.92. The van der Waals surface area contributed by atoms with Gasteiger partial charge in [0.1, 0.15) is 12.6 Å². The molecule has 3 saturated carbocycles. The number of rotatable bonds is 19. The van der Waals surface area contributed by atoms with E-state index in [0.717, 1.165) is 67.6 Å².